The summed E-state index contributed by atoms with van der Waals surface area (Å²) in [6, 6.07) is 0.536. The number of likely N-dealkylation sites (tertiary alicyclic amines) is 2. The lowest BCUT2D eigenvalue weighted by atomic mass is 10.1. The number of fused-ring (bicyclic) bond motifs is 2. The number of alkyl halides is 2. The summed E-state index contributed by atoms with van der Waals surface area (Å²) < 4.78 is 26.3. The van der Waals surface area contributed by atoms with Crippen molar-refractivity contribution in [1.29, 1.82) is 0 Å². The van der Waals surface area contributed by atoms with E-state index in [1.807, 2.05) is 4.90 Å². The van der Waals surface area contributed by atoms with E-state index in [-0.39, 0.29) is 44.0 Å². The SMILES string of the molecule is CN1CC2CCC(C1)N2C(=O)N1CCC(F)(F)CC1. The van der Waals surface area contributed by atoms with E-state index >= 15 is 0 Å². The van der Waals surface area contributed by atoms with Gasteiger partial charge >= 0.3 is 6.03 Å². The molecular formula is C13H21F2N3O. The van der Waals surface area contributed by atoms with Gasteiger partial charge < -0.3 is 14.7 Å². The van der Waals surface area contributed by atoms with E-state index < -0.39 is 5.92 Å². The number of likely N-dealkylation sites (N-methyl/N-ethyl adjacent to an activating group) is 1. The lowest BCUT2D eigenvalue weighted by Crippen LogP contribution is -2.59. The molecule has 3 aliphatic heterocycles. The largest absolute Gasteiger partial charge is 0.324 e. The average molecular weight is 273 g/mol. The highest BCUT2D eigenvalue weighted by molar-refractivity contribution is 5.76. The van der Waals surface area contributed by atoms with Crippen molar-refractivity contribution < 1.29 is 13.6 Å². The molecule has 4 nitrogen and oxygen atoms in total. The Bertz CT molecular complexity index is 353. The topological polar surface area (TPSA) is 26.8 Å². The summed E-state index contributed by atoms with van der Waals surface area (Å²) in [5.41, 5.74) is 0. The van der Waals surface area contributed by atoms with Crippen molar-refractivity contribution in [1.82, 2.24) is 14.7 Å². The zero-order valence-corrected chi connectivity index (χ0v) is 11.3. The first-order valence-corrected chi connectivity index (χ1v) is 7.10. The predicted octanol–water partition coefficient (Wildman–Crippen LogP) is 1.62. The molecule has 6 heteroatoms. The van der Waals surface area contributed by atoms with Gasteiger partial charge in [0.25, 0.3) is 5.92 Å². The predicted molar refractivity (Wildman–Crippen MR) is 67.3 cm³/mol. The van der Waals surface area contributed by atoms with Gasteiger partial charge in [0, 0.05) is 51.1 Å². The van der Waals surface area contributed by atoms with E-state index in [9.17, 15) is 13.6 Å². The van der Waals surface area contributed by atoms with Gasteiger partial charge in [-0.1, -0.05) is 0 Å². The van der Waals surface area contributed by atoms with Crippen LogP contribution in [-0.2, 0) is 0 Å². The summed E-state index contributed by atoms with van der Waals surface area (Å²) in [5.74, 6) is -2.59. The Kier molecular flexibility index (Phi) is 3.15. The van der Waals surface area contributed by atoms with E-state index in [0.717, 1.165) is 25.9 Å². The summed E-state index contributed by atoms with van der Waals surface area (Å²) in [4.78, 5) is 18.4. The maximum absolute atomic E-state index is 13.1. The third-order valence-electron chi connectivity index (χ3n) is 4.65. The van der Waals surface area contributed by atoms with Crippen molar-refractivity contribution in [3.63, 3.8) is 0 Å². The number of urea groups is 1. The molecule has 0 aromatic heterocycles. The molecule has 0 aromatic rings. The molecule has 0 spiro atoms. The first-order chi connectivity index (χ1) is 8.96. The molecule has 19 heavy (non-hydrogen) atoms. The van der Waals surface area contributed by atoms with Gasteiger partial charge in [-0.2, -0.15) is 0 Å². The maximum Gasteiger partial charge on any atom is 0.320 e. The zero-order chi connectivity index (χ0) is 13.6. The van der Waals surface area contributed by atoms with Gasteiger partial charge in [0.15, 0.2) is 0 Å². The van der Waals surface area contributed by atoms with E-state index in [4.69, 9.17) is 0 Å². The minimum atomic E-state index is -2.59. The Labute approximate surface area is 112 Å². The lowest BCUT2D eigenvalue weighted by Gasteiger charge is -2.43. The van der Waals surface area contributed by atoms with Crippen LogP contribution in [0.15, 0.2) is 0 Å². The Morgan fingerprint density at radius 2 is 1.63 bits per heavy atom. The number of carbonyl (C=O) groups excluding carboxylic acids is 1. The molecule has 3 fully saturated rings. The van der Waals surface area contributed by atoms with Gasteiger partial charge in [-0.25, -0.2) is 13.6 Å². The Morgan fingerprint density at radius 1 is 1.11 bits per heavy atom. The van der Waals surface area contributed by atoms with E-state index in [1.165, 1.54) is 0 Å². The second kappa shape index (κ2) is 4.58. The highest BCUT2D eigenvalue weighted by atomic mass is 19.3. The minimum Gasteiger partial charge on any atom is -0.324 e. The number of carbonyl (C=O) groups is 1. The van der Waals surface area contributed by atoms with Crippen LogP contribution < -0.4 is 0 Å². The second-order valence-corrected chi connectivity index (χ2v) is 6.14. The number of hydrogen-bond acceptors (Lipinski definition) is 2. The molecule has 3 heterocycles. The summed E-state index contributed by atoms with van der Waals surface area (Å²) in [6.07, 6.45) is 1.71. The molecule has 3 rings (SSSR count). The summed E-state index contributed by atoms with van der Waals surface area (Å²) >= 11 is 0. The zero-order valence-electron chi connectivity index (χ0n) is 11.3. The van der Waals surface area contributed by atoms with Crippen LogP contribution in [0.2, 0.25) is 0 Å². The van der Waals surface area contributed by atoms with Crippen molar-refractivity contribution in [3.8, 4) is 0 Å². The van der Waals surface area contributed by atoms with Crippen LogP contribution in [0.5, 0.6) is 0 Å². The van der Waals surface area contributed by atoms with Gasteiger partial charge in [0.2, 0.25) is 0 Å². The molecule has 0 N–H and O–H groups in total. The Balaban J connectivity index is 1.65. The number of piperazine rings is 1. The normalized spacial score (nSPS) is 34.7. The van der Waals surface area contributed by atoms with Crippen LogP contribution in [0, 0.1) is 0 Å². The second-order valence-electron chi connectivity index (χ2n) is 6.14. The van der Waals surface area contributed by atoms with Crippen molar-refractivity contribution >= 4 is 6.03 Å². The van der Waals surface area contributed by atoms with Crippen molar-refractivity contribution in [2.24, 2.45) is 0 Å². The highest BCUT2D eigenvalue weighted by Crippen LogP contribution is 2.33. The number of halogens is 2. The molecular weight excluding hydrogens is 252 g/mol. The molecule has 2 bridgehead atoms. The third kappa shape index (κ3) is 2.42. The molecule has 0 aromatic carbocycles. The lowest BCUT2D eigenvalue weighted by molar-refractivity contribution is -0.0511. The van der Waals surface area contributed by atoms with Crippen LogP contribution in [0.25, 0.3) is 0 Å². The molecule has 0 radical (unpaired) electrons. The number of amides is 2. The van der Waals surface area contributed by atoms with Crippen molar-refractivity contribution in [2.75, 3.05) is 33.2 Å². The summed E-state index contributed by atoms with van der Waals surface area (Å²) in [5, 5.41) is 0. The summed E-state index contributed by atoms with van der Waals surface area (Å²) in [7, 11) is 2.08. The minimum absolute atomic E-state index is 0.0175. The summed E-state index contributed by atoms with van der Waals surface area (Å²) in [6.45, 7) is 2.20. The van der Waals surface area contributed by atoms with E-state index in [2.05, 4.69) is 11.9 Å². The standard InChI is InChI=1S/C13H21F2N3O/c1-16-8-10-2-3-11(9-16)18(10)12(19)17-6-4-13(14,15)5-7-17/h10-11H,2-9H2,1H3. The Morgan fingerprint density at radius 3 is 2.16 bits per heavy atom. The highest BCUT2D eigenvalue weighted by Gasteiger charge is 2.44. The fourth-order valence-electron chi connectivity index (χ4n) is 3.61. The van der Waals surface area contributed by atoms with Crippen molar-refractivity contribution in [2.45, 2.75) is 43.7 Å². The molecule has 3 saturated heterocycles. The average Bonchev–Trinajstić information content (AvgIpc) is 2.61. The number of hydrogen-bond donors (Lipinski definition) is 0. The van der Waals surface area contributed by atoms with Gasteiger partial charge in [-0.3, -0.25) is 0 Å². The number of rotatable bonds is 0. The van der Waals surface area contributed by atoms with Crippen LogP contribution in [-0.4, -0.2) is 72.0 Å². The maximum atomic E-state index is 13.1. The van der Waals surface area contributed by atoms with Gasteiger partial charge in [0.1, 0.15) is 0 Å². The van der Waals surface area contributed by atoms with Crippen LogP contribution in [0.3, 0.4) is 0 Å². The fraction of sp³-hybridized carbons (Fsp3) is 0.923. The molecule has 2 unspecified atom stereocenters. The van der Waals surface area contributed by atoms with Crippen molar-refractivity contribution in [3.05, 3.63) is 0 Å². The van der Waals surface area contributed by atoms with Gasteiger partial charge in [-0.05, 0) is 19.9 Å². The third-order valence-corrected chi connectivity index (χ3v) is 4.65. The first-order valence-electron chi connectivity index (χ1n) is 7.10. The molecule has 108 valence electrons. The molecule has 2 atom stereocenters. The van der Waals surface area contributed by atoms with E-state index in [0.29, 0.717) is 0 Å². The van der Waals surface area contributed by atoms with Gasteiger partial charge in [-0.15, -0.1) is 0 Å². The monoisotopic (exact) mass is 273 g/mol. The number of piperidine rings is 1. The van der Waals surface area contributed by atoms with Crippen LogP contribution >= 0.6 is 0 Å². The molecule has 3 aliphatic rings. The number of nitrogens with zero attached hydrogens (tertiary/aromatic N) is 3. The molecule has 0 saturated carbocycles. The smallest absolute Gasteiger partial charge is 0.320 e. The van der Waals surface area contributed by atoms with Crippen LogP contribution in [0.1, 0.15) is 25.7 Å². The fourth-order valence-corrected chi connectivity index (χ4v) is 3.61. The van der Waals surface area contributed by atoms with Gasteiger partial charge in [0.05, 0.1) is 0 Å². The molecule has 0 aliphatic carbocycles. The Hall–Kier alpha value is -0.910. The molecule has 2 amide bonds. The van der Waals surface area contributed by atoms with Crippen LogP contribution in [0.4, 0.5) is 13.6 Å². The van der Waals surface area contributed by atoms with E-state index in [1.54, 1.807) is 4.90 Å². The first kappa shape index (κ1) is 13.1. The quantitative estimate of drug-likeness (QED) is 0.670.